The summed E-state index contributed by atoms with van der Waals surface area (Å²) in [5, 5.41) is 11.9. The number of hydrogen-bond donors (Lipinski definition) is 2. The van der Waals surface area contributed by atoms with Crippen LogP contribution in [0.5, 0.6) is 0 Å². The minimum Gasteiger partial charge on any atom is -0.381 e. The molecule has 0 amide bonds. The quantitative estimate of drug-likeness (QED) is 0.701. The minimum atomic E-state index is 0.210. The van der Waals surface area contributed by atoms with Gasteiger partial charge in [-0.3, -0.25) is 14.8 Å². The molecule has 1 fully saturated rings. The standard InChI is InChI=1S/C22H26N4O/c1-16(27)11-17-4-6-18(7-5-17)14-26-10-2-3-21(15-26)24-20-8-9-22-19(12-20)13-23-25-22/h4-9,12-13,21,24H,2-3,10-11,14-15H2,1H3,(H,23,25)/t21-/m0/s1. The number of rotatable bonds is 6. The molecule has 2 aromatic carbocycles. The normalized spacial score (nSPS) is 17.9. The van der Waals surface area contributed by atoms with Crippen molar-refractivity contribution in [2.45, 2.75) is 38.8 Å². The van der Waals surface area contributed by atoms with Gasteiger partial charge in [-0.1, -0.05) is 24.3 Å². The van der Waals surface area contributed by atoms with Gasteiger partial charge in [0.05, 0.1) is 11.7 Å². The van der Waals surface area contributed by atoms with Crippen LogP contribution in [-0.2, 0) is 17.8 Å². The maximum Gasteiger partial charge on any atom is 0.134 e. The number of hydrogen-bond acceptors (Lipinski definition) is 4. The lowest BCUT2D eigenvalue weighted by atomic mass is 10.0. The van der Waals surface area contributed by atoms with Gasteiger partial charge in [0.25, 0.3) is 0 Å². The van der Waals surface area contributed by atoms with Crippen molar-refractivity contribution in [2.75, 3.05) is 18.4 Å². The van der Waals surface area contributed by atoms with Gasteiger partial charge in [0.15, 0.2) is 0 Å². The fourth-order valence-electron chi connectivity index (χ4n) is 3.89. The lowest BCUT2D eigenvalue weighted by Crippen LogP contribution is -2.41. The van der Waals surface area contributed by atoms with Crippen molar-refractivity contribution < 1.29 is 4.79 Å². The molecule has 0 bridgehead atoms. The van der Waals surface area contributed by atoms with Gasteiger partial charge >= 0.3 is 0 Å². The Bertz CT molecular complexity index is 915. The van der Waals surface area contributed by atoms with E-state index in [0.29, 0.717) is 12.5 Å². The summed E-state index contributed by atoms with van der Waals surface area (Å²) in [6, 6.07) is 15.3. The zero-order valence-electron chi connectivity index (χ0n) is 15.7. The largest absolute Gasteiger partial charge is 0.381 e. The number of piperidine rings is 1. The van der Waals surface area contributed by atoms with Crippen molar-refractivity contribution in [3.63, 3.8) is 0 Å². The number of benzene rings is 2. The second kappa shape index (κ2) is 7.92. The first kappa shape index (κ1) is 17.7. The van der Waals surface area contributed by atoms with E-state index in [2.05, 4.69) is 62.9 Å². The topological polar surface area (TPSA) is 61.0 Å². The van der Waals surface area contributed by atoms with E-state index in [1.807, 2.05) is 6.20 Å². The first-order valence-electron chi connectivity index (χ1n) is 9.65. The predicted molar refractivity (Wildman–Crippen MR) is 109 cm³/mol. The molecule has 1 aliphatic rings. The monoisotopic (exact) mass is 362 g/mol. The van der Waals surface area contributed by atoms with Gasteiger partial charge in [-0.05, 0) is 55.6 Å². The van der Waals surface area contributed by atoms with Gasteiger partial charge in [0.2, 0.25) is 0 Å². The summed E-state index contributed by atoms with van der Waals surface area (Å²) in [4.78, 5) is 13.7. The molecule has 5 nitrogen and oxygen atoms in total. The molecular weight excluding hydrogens is 336 g/mol. The van der Waals surface area contributed by atoms with Crippen LogP contribution in [-0.4, -0.2) is 40.0 Å². The van der Waals surface area contributed by atoms with E-state index in [1.165, 1.54) is 18.4 Å². The molecule has 3 aromatic rings. The molecule has 4 rings (SSSR count). The van der Waals surface area contributed by atoms with Crippen LogP contribution < -0.4 is 5.32 Å². The molecule has 0 spiro atoms. The molecule has 5 heteroatoms. The Morgan fingerprint density at radius 2 is 2.04 bits per heavy atom. The summed E-state index contributed by atoms with van der Waals surface area (Å²) >= 11 is 0. The van der Waals surface area contributed by atoms with Crippen molar-refractivity contribution >= 4 is 22.4 Å². The number of Topliss-reactive ketones (excluding diaryl/α,β-unsaturated/α-hetero) is 1. The number of aromatic nitrogens is 2. The molecule has 0 radical (unpaired) electrons. The van der Waals surface area contributed by atoms with Gasteiger partial charge in [0.1, 0.15) is 5.78 Å². The molecule has 1 aromatic heterocycles. The smallest absolute Gasteiger partial charge is 0.134 e. The van der Waals surface area contributed by atoms with Crippen LogP contribution in [0.2, 0.25) is 0 Å². The van der Waals surface area contributed by atoms with E-state index in [9.17, 15) is 4.79 Å². The van der Waals surface area contributed by atoms with Gasteiger partial charge in [-0.25, -0.2) is 0 Å². The molecule has 0 unspecified atom stereocenters. The average Bonchev–Trinajstić information content (AvgIpc) is 3.11. The Hall–Kier alpha value is -2.66. The van der Waals surface area contributed by atoms with Crippen LogP contribution >= 0.6 is 0 Å². The van der Waals surface area contributed by atoms with Crippen LogP contribution in [0.15, 0.2) is 48.7 Å². The summed E-state index contributed by atoms with van der Waals surface area (Å²) in [6.45, 7) is 4.77. The van der Waals surface area contributed by atoms with Crippen molar-refractivity contribution in [3.8, 4) is 0 Å². The van der Waals surface area contributed by atoms with E-state index in [4.69, 9.17) is 0 Å². The number of H-pyrrole nitrogens is 1. The van der Waals surface area contributed by atoms with Crippen LogP contribution in [0.1, 0.15) is 30.9 Å². The van der Waals surface area contributed by atoms with E-state index in [-0.39, 0.29) is 5.78 Å². The van der Waals surface area contributed by atoms with E-state index in [0.717, 1.165) is 41.8 Å². The molecular formula is C22H26N4O. The zero-order valence-corrected chi connectivity index (χ0v) is 15.7. The molecule has 1 atom stereocenters. The number of aromatic amines is 1. The average molecular weight is 362 g/mol. The summed E-state index contributed by atoms with van der Waals surface area (Å²) < 4.78 is 0. The fourth-order valence-corrected chi connectivity index (χ4v) is 3.89. The molecule has 1 aliphatic heterocycles. The first-order chi connectivity index (χ1) is 13.2. The number of likely N-dealkylation sites (tertiary alicyclic amines) is 1. The van der Waals surface area contributed by atoms with Crippen LogP contribution in [0.3, 0.4) is 0 Å². The highest BCUT2D eigenvalue weighted by molar-refractivity contribution is 5.81. The van der Waals surface area contributed by atoms with E-state index < -0.39 is 0 Å². The number of fused-ring (bicyclic) bond motifs is 1. The Kier molecular flexibility index (Phi) is 5.21. The molecule has 2 N–H and O–H groups in total. The molecule has 140 valence electrons. The van der Waals surface area contributed by atoms with Crippen LogP contribution in [0.25, 0.3) is 10.9 Å². The number of anilines is 1. The fraction of sp³-hybridized carbons (Fsp3) is 0.364. The molecule has 27 heavy (non-hydrogen) atoms. The predicted octanol–water partition coefficient (Wildman–Crippen LogP) is 3.77. The third-order valence-electron chi connectivity index (χ3n) is 5.20. The highest BCUT2D eigenvalue weighted by Crippen LogP contribution is 2.21. The number of ketones is 1. The second-order valence-corrected chi connectivity index (χ2v) is 7.59. The van der Waals surface area contributed by atoms with Crippen molar-refractivity contribution in [1.82, 2.24) is 15.1 Å². The van der Waals surface area contributed by atoms with Crippen LogP contribution in [0.4, 0.5) is 5.69 Å². The van der Waals surface area contributed by atoms with E-state index in [1.54, 1.807) is 6.92 Å². The number of carbonyl (C=O) groups is 1. The second-order valence-electron chi connectivity index (χ2n) is 7.59. The number of nitrogens with one attached hydrogen (secondary N) is 2. The Morgan fingerprint density at radius 3 is 2.85 bits per heavy atom. The maximum atomic E-state index is 11.2. The Morgan fingerprint density at radius 1 is 1.22 bits per heavy atom. The molecule has 2 heterocycles. The maximum absolute atomic E-state index is 11.2. The number of nitrogens with zero attached hydrogens (tertiary/aromatic N) is 2. The van der Waals surface area contributed by atoms with Gasteiger partial charge in [0, 0.05) is 36.6 Å². The van der Waals surface area contributed by atoms with Gasteiger partial charge in [-0.2, -0.15) is 5.10 Å². The minimum absolute atomic E-state index is 0.210. The summed E-state index contributed by atoms with van der Waals surface area (Å²) in [5.41, 5.74) is 4.63. The van der Waals surface area contributed by atoms with E-state index >= 15 is 0 Å². The molecule has 1 saturated heterocycles. The third-order valence-corrected chi connectivity index (χ3v) is 5.20. The Balaban J connectivity index is 1.35. The van der Waals surface area contributed by atoms with Gasteiger partial charge in [-0.15, -0.1) is 0 Å². The summed E-state index contributed by atoms with van der Waals surface area (Å²) in [5.74, 6) is 0.210. The SMILES string of the molecule is CC(=O)Cc1ccc(CN2CCC[C@H](Nc3ccc4[nH]ncc4c3)C2)cc1. The van der Waals surface area contributed by atoms with Crippen LogP contribution in [0, 0.1) is 0 Å². The number of carbonyl (C=O) groups excluding carboxylic acids is 1. The molecule has 0 aliphatic carbocycles. The molecule has 0 saturated carbocycles. The van der Waals surface area contributed by atoms with Gasteiger partial charge < -0.3 is 5.32 Å². The lowest BCUT2D eigenvalue weighted by molar-refractivity contribution is -0.116. The Labute approximate surface area is 159 Å². The third kappa shape index (κ3) is 4.55. The first-order valence-corrected chi connectivity index (χ1v) is 9.65. The highest BCUT2D eigenvalue weighted by Gasteiger charge is 2.20. The van der Waals surface area contributed by atoms with Crippen molar-refractivity contribution in [2.24, 2.45) is 0 Å². The van der Waals surface area contributed by atoms with Crippen molar-refractivity contribution in [1.29, 1.82) is 0 Å². The summed E-state index contributed by atoms with van der Waals surface area (Å²) in [6.07, 6.45) is 4.78. The highest BCUT2D eigenvalue weighted by atomic mass is 16.1. The summed E-state index contributed by atoms with van der Waals surface area (Å²) in [7, 11) is 0. The van der Waals surface area contributed by atoms with Crippen molar-refractivity contribution in [3.05, 3.63) is 59.8 Å². The zero-order chi connectivity index (χ0) is 18.6. The lowest BCUT2D eigenvalue weighted by Gasteiger charge is -2.33.